The molecule has 13 heavy (non-hydrogen) atoms. The molecule has 0 spiro atoms. The van der Waals surface area contributed by atoms with Gasteiger partial charge in [0.25, 0.3) is 0 Å². The van der Waals surface area contributed by atoms with Crippen LogP contribution in [0, 0.1) is 5.92 Å². The smallest absolute Gasteiger partial charge is 0.122 e. The Morgan fingerprint density at radius 3 is 2.85 bits per heavy atom. The van der Waals surface area contributed by atoms with Gasteiger partial charge in [-0.3, -0.25) is 4.99 Å². The first kappa shape index (κ1) is 10.4. The Bertz CT molecular complexity index is 230. The fourth-order valence-corrected chi connectivity index (χ4v) is 1.81. The number of halogens is 1. The highest BCUT2D eigenvalue weighted by Crippen LogP contribution is 2.28. The second-order valence-electron chi connectivity index (χ2n) is 3.63. The van der Waals surface area contributed by atoms with Crippen molar-refractivity contribution < 1.29 is 4.39 Å². The Labute approximate surface area is 79.8 Å². The topological polar surface area (TPSA) is 12.4 Å². The van der Waals surface area contributed by atoms with Crippen LogP contribution in [0.4, 0.5) is 4.39 Å². The zero-order chi connectivity index (χ0) is 9.84. The molecular formula is C11H18FN. The van der Waals surface area contributed by atoms with Crippen molar-refractivity contribution in [2.75, 3.05) is 7.05 Å². The number of hydrogen-bond donors (Lipinski definition) is 0. The Hall–Kier alpha value is -0.660. The van der Waals surface area contributed by atoms with Crippen LogP contribution in [0.5, 0.6) is 0 Å². The number of nitrogens with zero attached hydrogens (tertiary/aromatic N) is 1. The predicted molar refractivity (Wildman–Crippen MR) is 55.0 cm³/mol. The summed E-state index contributed by atoms with van der Waals surface area (Å²) in [6, 6.07) is 0. The molecule has 0 fully saturated rings. The number of allylic oxidation sites excluding steroid dienone is 2. The zero-order valence-electron chi connectivity index (χ0n) is 8.68. The fraction of sp³-hybridized carbons (Fsp3) is 0.727. The first-order valence-corrected chi connectivity index (χ1v) is 4.95. The maximum absolute atomic E-state index is 13.5. The lowest BCUT2D eigenvalue weighted by Crippen LogP contribution is -2.22. The molecular weight excluding hydrogens is 165 g/mol. The van der Waals surface area contributed by atoms with Crippen molar-refractivity contribution in [3.8, 4) is 0 Å². The summed E-state index contributed by atoms with van der Waals surface area (Å²) >= 11 is 0. The minimum Gasteiger partial charge on any atom is -0.297 e. The van der Waals surface area contributed by atoms with Gasteiger partial charge in [0.05, 0.1) is 0 Å². The molecule has 0 aliphatic heterocycles. The van der Waals surface area contributed by atoms with E-state index in [2.05, 4.69) is 4.99 Å². The Balaban J connectivity index is 2.66. The van der Waals surface area contributed by atoms with E-state index in [1.165, 1.54) is 0 Å². The van der Waals surface area contributed by atoms with Gasteiger partial charge in [-0.2, -0.15) is 0 Å². The van der Waals surface area contributed by atoms with Crippen molar-refractivity contribution in [1.82, 2.24) is 0 Å². The van der Waals surface area contributed by atoms with Crippen molar-refractivity contribution in [2.45, 2.75) is 39.3 Å². The second-order valence-corrected chi connectivity index (χ2v) is 3.63. The largest absolute Gasteiger partial charge is 0.297 e. The van der Waals surface area contributed by atoms with Crippen LogP contribution in [0.1, 0.15) is 33.1 Å². The van der Waals surface area contributed by atoms with E-state index < -0.39 is 6.17 Å². The van der Waals surface area contributed by atoms with Crippen LogP contribution in [0.2, 0.25) is 0 Å². The number of alkyl halides is 1. The van der Waals surface area contributed by atoms with Gasteiger partial charge in [-0.15, -0.1) is 0 Å². The van der Waals surface area contributed by atoms with E-state index in [1.807, 2.05) is 19.9 Å². The zero-order valence-corrected chi connectivity index (χ0v) is 8.68. The van der Waals surface area contributed by atoms with Crippen LogP contribution >= 0.6 is 0 Å². The quantitative estimate of drug-likeness (QED) is 0.460. The lowest BCUT2D eigenvalue weighted by molar-refractivity contribution is 0.314. The molecule has 1 aliphatic carbocycles. The molecule has 0 saturated carbocycles. The average Bonchev–Trinajstić information content (AvgIpc) is 2.16. The van der Waals surface area contributed by atoms with Crippen molar-refractivity contribution in [1.29, 1.82) is 0 Å². The standard InChI is InChI=1S/C11H18FN/c1-4-9-5-6-10(7-11(9)12)8(2)13-3/h5,10-11H,4,6-7H2,1-3H3/b13-8+/t10?,11-/m0/s1. The van der Waals surface area contributed by atoms with Gasteiger partial charge in [0.2, 0.25) is 0 Å². The molecule has 0 bridgehead atoms. The second kappa shape index (κ2) is 4.54. The van der Waals surface area contributed by atoms with Gasteiger partial charge in [-0.1, -0.05) is 13.0 Å². The summed E-state index contributed by atoms with van der Waals surface area (Å²) in [4.78, 5) is 4.12. The third kappa shape index (κ3) is 2.39. The molecule has 0 radical (unpaired) electrons. The summed E-state index contributed by atoms with van der Waals surface area (Å²) in [7, 11) is 1.78. The summed E-state index contributed by atoms with van der Waals surface area (Å²) in [5, 5.41) is 0. The van der Waals surface area contributed by atoms with Crippen LogP contribution in [0.15, 0.2) is 16.6 Å². The molecule has 0 aromatic heterocycles. The highest BCUT2D eigenvalue weighted by atomic mass is 19.1. The van der Waals surface area contributed by atoms with E-state index in [-0.39, 0.29) is 0 Å². The molecule has 0 N–H and O–H groups in total. The Morgan fingerprint density at radius 2 is 2.38 bits per heavy atom. The molecule has 2 heteroatoms. The average molecular weight is 183 g/mol. The fourth-order valence-electron chi connectivity index (χ4n) is 1.81. The Morgan fingerprint density at radius 1 is 1.69 bits per heavy atom. The molecule has 1 aliphatic rings. The molecule has 74 valence electrons. The van der Waals surface area contributed by atoms with Crippen molar-refractivity contribution in [3.05, 3.63) is 11.6 Å². The molecule has 1 nitrogen and oxygen atoms in total. The van der Waals surface area contributed by atoms with E-state index in [0.29, 0.717) is 12.3 Å². The van der Waals surface area contributed by atoms with Crippen LogP contribution in [-0.2, 0) is 0 Å². The molecule has 0 aromatic rings. The summed E-state index contributed by atoms with van der Waals surface area (Å²) in [5.74, 6) is 0.329. The monoisotopic (exact) mass is 183 g/mol. The first-order chi connectivity index (χ1) is 6.19. The number of aliphatic imine (C=N–C) groups is 1. The van der Waals surface area contributed by atoms with E-state index in [0.717, 1.165) is 24.1 Å². The molecule has 0 saturated heterocycles. The van der Waals surface area contributed by atoms with E-state index in [9.17, 15) is 4.39 Å². The van der Waals surface area contributed by atoms with Crippen molar-refractivity contribution in [2.24, 2.45) is 10.9 Å². The van der Waals surface area contributed by atoms with Gasteiger partial charge in [0.1, 0.15) is 6.17 Å². The molecule has 1 rings (SSSR count). The summed E-state index contributed by atoms with van der Waals surface area (Å²) in [5.41, 5.74) is 2.05. The van der Waals surface area contributed by atoms with E-state index >= 15 is 0 Å². The lowest BCUT2D eigenvalue weighted by atomic mass is 9.85. The van der Waals surface area contributed by atoms with Gasteiger partial charge in [-0.25, -0.2) is 4.39 Å². The third-order valence-corrected chi connectivity index (χ3v) is 2.91. The lowest BCUT2D eigenvalue weighted by Gasteiger charge is -2.24. The van der Waals surface area contributed by atoms with E-state index in [1.54, 1.807) is 7.05 Å². The highest BCUT2D eigenvalue weighted by Gasteiger charge is 2.24. The van der Waals surface area contributed by atoms with Gasteiger partial charge in [-0.05, 0) is 31.8 Å². The van der Waals surface area contributed by atoms with Gasteiger partial charge in [0.15, 0.2) is 0 Å². The maximum Gasteiger partial charge on any atom is 0.122 e. The van der Waals surface area contributed by atoms with Crippen LogP contribution in [0.25, 0.3) is 0 Å². The van der Waals surface area contributed by atoms with Gasteiger partial charge >= 0.3 is 0 Å². The van der Waals surface area contributed by atoms with Crippen LogP contribution in [0.3, 0.4) is 0 Å². The summed E-state index contributed by atoms with van der Waals surface area (Å²) < 4.78 is 13.5. The first-order valence-electron chi connectivity index (χ1n) is 4.95. The molecule has 0 aromatic carbocycles. The Kier molecular flexibility index (Phi) is 3.64. The predicted octanol–water partition coefficient (Wildman–Crippen LogP) is 3.16. The molecule has 2 atom stereocenters. The minimum absolute atomic E-state index is 0.329. The molecule has 0 amide bonds. The third-order valence-electron chi connectivity index (χ3n) is 2.91. The van der Waals surface area contributed by atoms with E-state index in [4.69, 9.17) is 0 Å². The van der Waals surface area contributed by atoms with Crippen molar-refractivity contribution in [3.63, 3.8) is 0 Å². The van der Waals surface area contributed by atoms with Crippen molar-refractivity contribution >= 4 is 5.71 Å². The minimum atomic E-state index is -0.736. The summed E-state index contributed by atoms with van der Waals surface area (Å²) in [6.07, 6.45) is 3.75. The highest BCUT2D eigenvalue weighted by molar-refractivity contribution is 5.84. The van der Waals surface area contributed by atoms with Gasteiger partial charge < -0.3 is 0 Å². The normalized spacial score (nSPS) is 30.2. The molecule has 1 unspecified atom stereocenters. The summed E-state index contributed by atoms with van der Waals surface area (Å²) in [6.45, 7) is 4.00. The van der Waals surface area contributed by atoms with Crippen LogP contribution < -0.4 is 0 Å². The van der Waals surface area contributed by atoms with Gasteiger partial charge in [0, 0.05) is 18.7 Å². The van der Waals surface area contributed by atoms with Crippen LogP contribution in [-0.4, -0.2) is 18.9 Å². The number of hydrogen-bond acceptors (Lipinski definition) is 1. The number of rotatable bonds is 2. The SMILES string of the molecule is CCC1=CCC(/C(C)=N/C)C[C@@H]1F. The maximum atomic E-state index is 13.5. The molecule has 0 heterocycles.